The van der Waals surface area contributed by atoms with Gasteiger partial charge in [0.2, 0.25) is 0 Å². The third kappa shape index (κ3) is 1.95. The quantitative estimate of drug-likeness (QED) is 0.749. The number of hydrogen-bond donors (Lipinski definition) is 1. The highest BCUT2D eigenvalue weighted by atomic mass is 19.4. The van der Waals surface area contributed by atoms with Crippen molar-refractivity contribution in [1.29, 1.82) is 0 Å². The van der Waals surface area contributed by atoms with Crippen LogP contribution in [0.3, 0.4) is 0 Å². The highest BCUT2D eigenvalue weighted by Crippen LogP contribution is 2.32. The summed E-state index contributed by atoms with van der Waals surface area (Å²) >= 11 is 0. The average Bonchev–Trinajstić information content (AvgIpc) is 2.51. The molecule has 0 unspecified atom stereocenters. The first-order valence-corrected chi connectivity index (χ1v) is 4.40. The lowest BCUT2D eigenvalue weighted by Crippen LogP contribution is -2.17. The van der Waals surface area contributed by atoms with Gasteiger partial charge in [0.25, 0.3) is 0 Å². The van der Waals surface area contributed by atoms with E-state index in [2.05, 4.69) is 9.72 Å². The molecule has 0 fully saturated rings. The Balaban J connectivity index is 2.58. The molecule has 0 radical (unpaired) electrons. The van der Waals surface area contributed by atoms with E-state index in [0.717, 1.165) is 12.1 Å². The molecule has 0 saturated heterocycles. The summed E-state index contributed by atoms with van der Waals surface area (Å²) in [6, 6.07) is 3.29. The van der Waals surface area contributed by atoms with Crippen molar-refractivity contribution in [3.8, 4) is 5.75 Å². The molecule has 2 rings (SSSR count). The van der Waals surface area contributed by atoms with Crippen LogP contribution in [-0.2, 0) is 0 Å². The molecule has 86 valence electrons. The van der Waals surface area contributed by atoms with Crippen molar-refractivity contribution in [2.45, 2.75) is 13.3 Å². The lowest BCUT2D eigenvalue weighted by atomic mass is 10.2. The molecule has 16 heavy (non-hydrogen) atoms. The number of ether oxygens (including phenoxy) is 1. The van der Waals surface area contributed by atoms with E-state index in [1.807, 2.05) is 0 Å². The molecular weight excluding hydrogens is 226 g/mol. The van der Waals surface area contributed by atoms with Crippen molar-refractivity contribution < 1.29 is 22.3 Å². The van der Waals surface area contributed by atoms with Gasteiger partial charge < -0.3 is 9.72 Å². The summed E-state index contributed by atoms with van der Waals surface area (Å²) in [4.78, 5) is 2.63. The zero-order valence-electron chi connectivity index (χ0n) is 8.15. The van der Waals surface area contributed by atoms with Crippen LogP contribution in [-0.4, -0.2) is 11.3 Å². The Labute approximate surface area is 87.8 Å². The molecule has 1 aromatic carbocycles. The Bertz CT molecular complexity index is 529. The predicted molar refractivity (Wildman–Crippen MR) is 49.7 cm³/mol. The van der Waals surface area contributed by atoms with Crippen LogP contribution < -0.4 is 4.74 Å². The van der Waals surface area contributed by atoms with Crippen LogP contribution in [0.4, 0.5) is 17.6 Å². The summed E-state index contributed by atoms with van der Waals surface area (Å²) in [7, 11) is 0. The fraction of sp³-hybridized carbons (Fsp3) is 0.200. The lowest BCUT2D eigenvalue weighted by molar-refractivity contribution is -0.274. The van der Waals surface area contributed by atoms with Crippen molar-refractivity contribution in [3.63, 3.8) is 0 Å². The van der Waals surface area contributed by atoms with E-state index in [9.17, 15) is 17.6 Å². The van der Waals surface area contributed by atoms with Crippen LogP contribution in [0.2, 0.25) is 0 Å². The second-order valence-electron chi connectivity index (χ2n) is 3.33. The number of alkyl halides is 3. The molecule has 0 aliphatic heterocycles. The van der Waals surface area contributed by atoms with Crippen molar-refractivity contribution in [3.05, 3.63) is 29.7 Å². The second kappa shape index (κ2) is 3.40. The monoisotopic (exact) mass is 233 g/mol. The third-order valence-electron chi connectivity index (χ3n) is 2.06. The number of benzene rings is 1. The fourth-order valence-corrected chi connectivity index (χ4v) is 1.51. The zero-order chi connectivity index (χ0) is 11.9. The van der Waals surface area contributed by atoms with Crippen LogP contribution in [0.5, 0.6) is 5.75 Å². The highest BCUT2D eigenvalue weighted by molar-refractivity contribution is 5.87. The van der Waals surface area contributed by atoms with E-state index < -0.39 is 17.9 Å². The first kappa shape index (κ1) is 10.8. The Morgan fingerprint density at radius 2 is 1.94 bits per heavy atom. The molecule has 0 atom stereocenters. The number of fused-ring (bicyclic) bond motifs is 1. The van der Waals surface area contributed by atoms with E-state index in [1.165, 1.54) is 6.07 Å². The summed E-state index contributed by atoms with van der Waals surface area (Å²) in [6.45, 7) is 1.62. The van der Waals surface area contributed by atoms with Crippen molar-refractivity contribution in [2.75, 3.05) is 0 Å². The summed E-state index contributed by atoms with van der Waals surface area (Å²) in [5.41, 5.74) is 0.575. The topological polar surface area (TPSA) is 25.0 Å². The van der Waals surface area contributed by atoms with Gasteiger partial charge in [-0.25, -0.2) is 4.39 Å². The standard InChI is InChI=1S/C10H7F4NO/c1-5-4-6-8(16-10(12,13)14)3-2-7(11)9(6)15-5/h2-4,15H,1H3. The van der Waals surface area contributed by atoms with E-state index in [0.29, 0.717) is 5.69 Å². The number of aromatic nitrogens is 1. The van der Waals surface area contributed by atoms with Gasteiger partial charge in [-0.15, -0.1) is 13.2 Å². The SMILES string of the molecule is Cc1cc2c(OC(F)(F)F)ccc(F)c2[nH]1. The van der Waals surface area contributed by atoms with Gasteiger partial charge in [-0.2, -0.15) is 0 Å². The predicted octanol–water partition coefficient (Wildman–Crippen LogP) is 3.51. The first-order valence-electron chi connectivity index (χ1n) is 4.40. The van der Waals surface area contributed by atoms with E-state index in [1.54, 1.807) is 6.92 Å². The Morgan fingerprint density at radius 3 is 2.56 bits per heavy atom. The van der Waals surface area contributed by atoms with Crippen molar-refractivity contribution in [1.82, 2.24) is 4.98 Å². The number of nitrogens with one attached hydrogen (secondary N) is 1. The third-order valence-corrected chi connectivity index (χ3v) is 2.06. The highest BCUT2D eigenvalue weighted by Gasteiger charge is 2.32. The molecule has 0 aliphatic rings. The Kier molecular flexibility index (Phi) is 2.29. The van der Waals surface area contributed by atoms with Crippen LogP contribution in [0.1, 0.15) is 5.69 Å². The summed E-state index contributed by atoms with van der Waals surface area (Å²) < 4.78 is 53.2. The molecule has 0 bridgehead atoms. The van der Waals surface area contributed by atoms with Gasteiger partial charge in [0, 0.05) is 11.1 Å². The Morgan fingerprint density at radius 1 is 1.25 bits per heavy atom. The number of aromatic amines is 1. The van der Waals surface area contributed by atoms with Crippen LogP contribution in [0, 0.1) is 12.7 Å². The van der Waals surface area contributed by atoms with Crippen LogP contribution in [0.15, 0.2) is 18.2 Å². The molecule has 0 saturated carbocycles. The lowest BCUT2D eigenvalue weighted by Gasteiger charge is -2.09. The van der Waals surface area contributed by atoms with E-state index >= 15 is 0 Å². The van der Waals surface area contributed by atoms with Gasteiger partial charge in [0.05, 0.1) is 5.52 Å². The summed E-state index contributed by atoms with van der Waals surface area (Å²) in [5.74, 6) is -1.02. The maximum absolute atomic E-state index is 13.2. The minimum absolute atomic E-state index is 0.0132. The molecule has 0 aliphatic carbocycles. The molecule has 1 aromatic heterocycles. The minimum Gasteiger partial charge on any atom is -0.405 e. The minimum atomic E-state index is -4.78. The fourth-order valence-electron chi connectivity index (χ4n) is 1.51. The van der Waals surface area contributed by atoms with E-state index in [4.69, 9.17) is 0 Å². The molecule has 1 heterocycles. The number of hydrogen-bond acceptors (Lipinski definition) is 1. The van der Waals surface area contributed by atoms with Gasteiger partial charge >= 0.3 is 6.36 Å². The molecule has 2 nitrogen and oxygen atoms in total. The van der Waals surface area contributed by atoms with Crippen LogP contribution >= 0.6 is 0 Å². The molecule has 0 amide bonds. The molecule has 2 aromatic rings. The van der Waals surface area contributed by atoms with Gasteiger partial charge in [0.1, 0.15) is 11.6 Å². The summed E-state index contributed by atoms with van der Waals surface area (Å²) in [5, 5.41) is 0.0785. The largest absolute Gasteiger partial charge is 0.573 e. The zero-order valence-corrected chi connectivity index (χ0v) is 8.15. The Hall–Kier alpha value is -1.72. The molecule has 1 N–H and O–H groups in total. The molecule has 6 heteroatoms. The smallest absolute Gasteiger partial charge is 0.405 e. The maximum atomic E-state index is 13.2. The van der Waals surface area contributed by atoms with Crippen molar-refractivity contribution >= 4 is 10.9 Å². The van der Waals surface area contributed by atoms with Crippen LogP contribution in [0.25, 0.3) is 10.9 Å². The molecular formula is C10H7F4NO. The van der Waals surface area contributed by atoms with Gasteiger partial charge in [-0.3, -0.25) is 0 Å². The number of aryl methyl sites for hydroxylation is 1. The van der Waals surface area contributed by atoms with Gasteiger partial charge in [0.15, 0.2) is 0 Å². The average molecular weight is 233 g/mol. The number of halogens is 4. The normalized spacial score (nSPS) is 12.1. The number of rotatable bonds is 1. The van der Waals surface area contributed by atoms with E-state index in [-0.39, 0.29) is 10.9 Å². The second-order valence-corrected chi connectivity index (χ2v) is 3.33. The van der Waals surface area contributed by atoms with Crippen molar-refractivity contribution in [2.24, 2.45) is 0 Å². The first-order chi connectivity index (χ1) is 7.37. The van der Waals surface area contributed by atoms with Gasteiger partial charge in [-0.1, -0.05) is 0 Å². The maximum Gasteiger partial charge on any atom is 0.573 e. The molecule has 0 spiro atoms. The van der Waals surface area contributed by atoms with Gasteiger partial charge in [-0.05, 0) is 25.1 Å². The summed E-state index contributed by atoms with van der Waals surface area (Å²) in [6.07, 6.45) is -4.78. The number of H-pyrrole nitrogens is 1.